The van der Waals surface area contributed by atoms with Crippen LogP contribution in [0, 0.1) is 0 Å². The van der Waals surface area contributed by atoms with Gasteiger partial charge in [0.1, 0.15) is 0 Å². The lowest BCUT2D eigenvalue weighted by molar-refractivity contribution is 0.311. The lowest BCUT2D eigenvalue weighted by atomic mass is 10.2. The smallest absolute Gasteiger partial charge is 0.161 e. The third-order valence-electron chi connectivity index (χ3n) is 2.67. The molecule has 2 aromatic carbocycles. The molecular weight excluding hydrogens is 252 g/mol. The van der Waals surface area contributed by atoms with Crippen LogP contribution in [-0.2, 0) is 0 Å². The van der Waals surface area contributed by atoms with Crippen LogP contribution < -0.4 is 14.9 Å². The lowest BCUT2D eigenvalue weighted by Crippen LogP contribution is -1.96. The van der Waals surface area contributed by atoms with E-state index in [-0.39, 0.29) is 0 Å². The molecule has 0 bridgehead atoms. The highest BCUT2D eigenvalue weighted by atomic mass is 16.5. The van der Waals surface area contributed by atoms with Gasteiger partial charge in [0.2, 0.25) is 0 Å². The van der Waals surface area contributed by atoms with E-state index in [2.05, 4.69) is 10.5 Å². The third-order valence-corrected chi connectivity index (χ3v) is 2.67. The largest absolute Gasteiger partial charge is 0.493 e. The maximum atomic E-state index is 5.47. The van der Waals surface area contributed by atoms with Gasteiger partial charge in [-0.1, -0.05) is 18.2 Å². The first kappa shape index (κ1) is 13.9. The van der Waals surface area contributed by atoms with Crippen molar-refractivity contribution in [2.24, 2.45) is 5.10 Å². The van der Waals surface area contributed by atoms with E-state index in [1.165, 1.54) is 0 Å². The second-order valence-electron chi connectivity index (χ2n) is 4.08. The van der Waals surface area contributed by atoms with E-state index >= 15 is 0 Å². The predicted molar refractivity (Wildman–Crippen MR) is 81.8 cm³/mol. The summed E-state index contributed by atoms with van der Waals surface area (Å²) in [5.41, 5.74) is 4.85. The van der Waals surface area contributed by atoms with Crippen molar-refractivity contribution in [2.45, 2.75) is 6.92 Å². The first-order valence-corrected chi connectivity index (χ1v) is 6.48. The molecule has 0 atom stereocenters. The summed E-state index contributed by atoms with van der Waals surface area (Å²) >= 11 is 0. The second-order valence-corrected chi connectivity index (χ2v) is 4.08. The van der Waals surface area contributed by atoms with Gasteiger partial charge >= 0.3 is 0 Å². The highest BCUT2D eigenvalue weighted by Gasteiger charge is 2.03. The molecule has 0 fully saturated rings. The number of nitrogens with one attached hydrogen (secondary N) is 1. The molecule has 104 valence electrons. The number of hydrogen-bond acceptors (Lipinski definition) is 4. The van der Waals surface area contributed by atoms with Crippen LogP contribution in [0.5, 0.6) is 11.5 Å². The van der Waals surface area contributed by atoms with Crippen molar-refractivity contribution in [3.63, 3.8) is 0 Å². The van der Waals surface area contributed by atoms with Gasteiger partial charge in [-0.15, -0.1) is 0 Å². The number of hydrogen-bond donors (Lipinski definition) is 1. The van der Waals surface area contributed by atoms with E-state index in [4.69, 9.17) is 9.47 Å². The van der Waals surface area contributed by atoms with Crippen LogP contribution >= 0.6 is 0 Å². The first-order valence-electron chi connectivity index (χ1n) is 6.48. The number of para-hydroxylation sites is 1. The molecule has 0 aliphatic rings. The van der Waals surface area contributed by atoms with Gasteiger partial charge in [0.25, 0.3) is 0 Å². The lowest BCUT2D eigenvalue weighted by Gasteiger charge is -2.09. The van der Waals surface area contributed by atoms with Crippen LogP contribution in [0.1, 0.15) is 12.5 Å². The highest BCUT2D eigenvalue weighted by molar-refractivity contribution is 5.81. The van der Waals surface area contributed by atoms with Gasteiger partial charge in [-0.05, 0) is 42.8 Å². The zero-order valence-corrected chi connectivity index (χ0v) is 11.7. The van der Waals surface area contributed by atoms with Crippen molar-refractivity contribution < 1.29 is 9.47 Å². The fraction of sp³-hybridized carbons (Fsp3) is 0.188. The second kappa shape index (κ2) is 7.19. The Morgan fingerprint density at radius 1 is 1.10 bits per heavy atom. The molecule has 4 nitrogen and oxygen atoms in total. The van der Waals surface area contributed by atoms with Gasteiger partial charge in [-0.2, -0.15) is 5.10 Å². The average molecular weight is 270 g/mol. The zero-order valence-electron chi connectivity index (χ0n) is 11.7. The maximum Gasteiger partial charge on any atom is 0.161 e. The molecule has 0 heterocycles. The number of benzene rings is 2. The quantitative estimate of drug-likeness (QED) is 0.645. The van der Waals surface area contributed by atoms with Gasteiger partial charge < -0.3 is 9.47 Å². The molecule has 0 radical (unpaired) electrons. The van der Waals surface area contributed by atoms with Gasteiger partial charge in [0.05, 0.1) is 25.6 Å². The predicted octanol–water partition coefficient (Wildman–Crippen LogP) is 3.54. The Morgan fingerprint density at radius 3 is 2.60 bits per heavy atom. The Balaban J connectivity index is 2.06. The van der Waals surface area contributed by atoms with Crippen molar-refractivity contribution in [3.05, 3.63) is 54.1 Å². The zero-order chi connectivity index (χ0) is 14.2. The van der Waals surface area contributed by atoms with Gasteiger partial charge in [-0.3, -0.25) is 5.43 Å². The Morgan fingerprint density at radius 2 is 1.90 bits per heavy atom. The fourth-order valence-corrected chi connectivity index (χ4v) is 1.73. The van der Waals surface area contributed by atoms with E-state index in [0.717, 1.165) is 17.0 Å². The summed E-state index contributed by atoms with van der Waals surface area (Å²) in [5.74, 6) is 1.44. The standard InChI is InChI=1S/C16H18N2O2/c1-3-20-15-10-9-13(11-16(15)19-2)12-17-18-14-7-5-4-6-8-14/h4-12,18H,3H2,1-2H3/b17-12+. The van der Waals surface area contributed by atoms with Crippen LogP contribution in [-0.4, -0.2) is 19.9 Å². The monoisotopic (exact) mass is 270 g/mol. The summed E-state index contributed by atoms with van der Waals surface area (Å²) in [6.07, 6.45) is 1.74. The molecule has 2 rings (SSSR count). The normalized spacial score (nSPS) is 10.5. The van der Waals surface area contributed by atoms with Crippen LogP contribution in [0.15, 0.2) is 53.6 Å². The van der Waals surface area contributed by atoms with Gasteiger partial charge in [0, 0.05) is 0 Å². The van der Waals surface area contributed by atoms with E-state index in [1.807, 2.05) is 55.5 Å². The topological polar surface area (TPSA) is 42.8 Å². The minimum atomic E-state index is 0.610. The summed E-state index contributed by atoms with van der Waals surface area (Å²) in [7, 11) is 1.63. The molecule has 20 heavy (non-hydrogen) atoms. The maximum absolute atomic E-state index is 5.47. The Labute approximate surface area is 119 Å². The number of rotatable bonds is 6. The van der Waals surface area contributed by atoms with Gasteiger partial charge in [0.15, 0.2) is 11.5 Å². The van der Waals surface area contributed by atoms with Crippen molar-refractivity contribution in [1.82, 2.24) is 0 Å². The highest BCUT2D eigenvalue weighted by Crippen LogP contribution is 2.27. The number of ether oxygens (including phenoxy) is 2. The third kappa shape index (κ3) is 3.75. The van der Waals surface area contributed by atoms with Crippen LogP contribution in [0.3, 0.4) is 0 Å². The molecule has 1 N–H and O–H groups in total. The molecule has 0 amide bonds. The van der Waals surface area contributed by atoms with E-state index < -0.39 is 0 Å². The molecule has 0 saturated carbocycles. The Hall–Kier alpha value is -2.49. The summed E-state index contributed by atoms with van der Waals surface area (Å²) < 4.78 is 10.8. The number of hydrazone groups is 1. The molecule has 0 aromatic heterocycles. The fourth-order valence-electron chi connectivity index (χ4n) is 1.73. The average Bonchev–Trinajstić information content (AvgIpc) is 2.50. The van der Waals surface area contributed by atoms with Crippen molar-refractivity contribution in [1.29, 1.82) is 0 Å². The van der Waals surface area contributed by atoms with Crippen LogP contribution in [0.4, 0.5) is 5.69 Å². The number of methoxy groups -OCH3 is 1. The molecule has 4 heteroatoms. The first-order chi connectivity index (χ1) is 9.83. The Bertz CT molecular complexity index is 568. The van der Waals surface area contributed by atoms with Crippen molar-refractivity contribution in [3.8, 4) is 11.5 Å². The van der Waals surface area contributed by atoms with E-state index in [9.17, 15) is 0 Å². The minimum Gasteiger partial charge on any atom is -0.493 e. The summed E-state index contributed by atoms with van der Waals surface area (Å²) in [6, 6.07) is 15.5. The number of anilines is 1. The van der Waals surface area contributed by atoms with Crippen molar-refractivity contribution in [2.75, 3.05) is 19.1 Å². The molecule has 0 aliphatic heterocycles. The molecule has 0 saturated heterocycles. The summed E-state index contributed by atoms with van der Waals surface area (Å²) in [5, 5.41) is 4.19. The summed E-state index contributed by atoms with van der Waals surface area (Å²) in [6.45, 7) is 2.55. The number of nitrogens with zero attached hydrogens (tertiary/aromatic N) is 1. The van der Waals surface area contributed by atoms with E-state index in [1.54, 1.807) is 13.3 Å². The molecular formula is C16H18N2O2. The molecule has 0 spiro atoms. The van der Waals surface area contributed by atoms with Crippen molar-refractivity contribution >= 4 is 11.9 Å². The van der Waals surface area contributed by atoms with Crippen LogP contribution in [0.2, 0.25) is 0 Å². The van der Waals surface area contributed by atoms with Gasteiger partial charge in [-0.25, -0.2) is 0 Å². The SMILES string of the molecule is CCOc1ccc(/C=N/Nc2ccccc2)cc1OC. The van der Waals surface area contributed by atoms with Crippen LogP contribution in [0.25, 0.3) is 0 Å². The molecule has 2 aromatic rings. The summed E-state index contributed by atoms with van der Waals surface area (Å²) in [4.78, 5) is 0. The van der Waals surface area contributed by atoms with E-state index in [0.29, 0.717) is 12.4 Å². The Kier molecular flexibility index (Phi) is 5.00. The molecule has 0 aliphatic carbocycles. The minimum absolute atomic E-state index is 0.610. The molecule has 0 unspecified atom stereocenters.